The number of ether oxygens (including phenoxy) is 1. The predicted octanol–water partition coefficient (Wildman–Crippen LogP) is 4.26. The molecule has 1 N–H and O–H groups in total. The number of nitrogens with one attached hydrogen (secondary N) is 1. The van der Waals surface area contributed by atoms with E-state index in [2.05, 4.69) is 12.2 Å². The van der Waals surface area contributed by atoms with Gasteiger partial charge < -0.3 is 10.1 Å². The molecular formula is C26H30N2O4S. The Morgan fingerprint density at radius 1 is 0.879 bits per heavy atom. The summed E-state index contributed by atoms with van der Waals surface area (Å²) in [4.78, 5) is 12.8. The Kier molecular flexibility index (Phi) is 8.11. The van der Waals surface area contributed by atoms with Crippen LogP contribution in [0.3, 0.4) is 0 Å². The standard InChI is InChI=1S/C26H30N2O4S/c1-4-22-9-13-24(14-10-22)32-18-17-27-26(29)19-28(23-11-5-20(2)6-12-23)33(30,31)25-15-7-21(3)8-16-25/h5-16H,4,17-19H2,1-3H3,(H,27,29). The van der Waals surface area contributed by atoms with Crippen molar-refractivity contribution >= 4 is 21.6 Å². The van der Waals surface area contributed by atoms with Crippen LogP contribution >= 0.6 is 0 Å². The molecule has 6 nitrogen and oxygen atoms in total. The number of benzene rings is 3. The topological polar surface area (TPSA) is 75.7 Å². The summed E-state index contributed by atoms with van der Waals surface area (Å²) in [5, 5.41) is 2.75. The number of aryl methyl sites for hydroxylation is 3. The maximum absolute atomic E-state index is 13.4. The molecule has 0 saturated carbocycles. The average molecular weight is 467 g/mol. The van der Waals surface area contributed by atoms with Gasteiger partial charge in [0.25, 0.3) is 10.0 Å². The molecule has 0 spiro atoms. The number of sulfonamides is 1. The summed E-state index contributed by atoms with van der Waals surface area (Å²) < 4.78 is 33.5. The molecule has 174 valence electrons. The van der Waals surface area contributed by atoms with Crippen molar-refractivity contribution in [2.45, 2.75) is 32.1 Å². The minimum absolute atomic E-state index is 0.139. The first kappa shape index (κ1) is 24.3. The predicted molar refractivity (Wildman–Crippen MR) is 131 cm³/mol. The van der Waals surface area contributed by atoms with Crippen LogP contribution in [0.5, 0.6) is 5.75 Å². The van der Waals surface area contributed by atoms with Crippen LogP contribution in [0.25, 0.3) is 0 Å². The molecule has 0 heterocycles. The molecule has 0 fully saturated rings. The first-order valence-electron chi connectivity index (χ1n) is 10.9. The first-order valence-corrected chi connectivity index (χ1v) is 12.4. The van der Waals surface area contributed by atoms with Crippen LogP contribution in [0.15, 0.2) is 77.7 Å². The Bertz CT molecular complexity index is 1160. The highest BCUT2D eigenvalue weighted by Gasteiger charge is 2.27. The van der Waals surface area contributed by atoms with Crippen LogP contribution in [-0.2, 0) is 21.2 Å². The van der Waals surface area contributed by atoms with Gasteiger partial charge >= 0.3 is 0 Å². The van der Waals surface area contributed by atoms with Crippen molar-refractivity contribution in [2.75, 3.05) is 24.0 Å². The summed E-state index contributed by atoms with van der Waals surface area (Å²) in [7, 11) is -3.92. The molecule has 0 atom stereocenters. The number of hydrogen-bond acceptors (Lipinski definition) is 4. The van der Waals surface area contributed by atoms with Gasteiger partial charge in [-0.1, -0.05) is 54.4 Å². The smallest absolute Gasteiger partial charge is 0.264 e. The fraction of sp³-hybridized carbons (Fsp3) is 0.269. The van der Waals surface area contributed by atoms with Crippen molar-refractivity contribution in [2.24, 2.45) is 0 Å². The van der Waals surface area contributed by atoms with Crippen molar-refractivity contribution in [3.63, 3.8) is 0 Å². The van der Waals surface area contributed by atoms with Gasteiger partial charge in [-0.05, 0) is 62.2 Å². The quantitative estimate of drug-likeness (QED) is 0.453. The average Bonchev–Trinajstić information content (AvgIpc) is 2.81. The second-order valence-electron chi connectivity index (χ2n) is 7.86. The SMILES string of the molecule is CCc1ccc(OCCNC(=O)CN(c2ccc(C)cc2)S(=O)(=O)c2ccc(C)cc2)cc1. The summed E-state index contributed by atoms with van der Waals surface area (Å²) in [6.45, 7) is 6.12. The van der Waals surface area contributed by atoms with Crippen molar-refractivity contribution < 1.29 is 17.9 Å². The third-order valence-corrected chi connectivity index (χ3v) is 7.03. The highest BCUT2D eigenvalue weighted by molar-refractivity contribution is 7.92. The minimum Gasteiger partial charge on any atom is -0.492 e. The molecule has 3 aromatic carbocycles. The number of hydrogen-bond donors (Lipinski definition) is 1. The highest BCUT2D eigenvalue weighted by Crippen LogP contribution is 2.24. The van der Waals surface area contributed by atoms with Gasteiger partial charge in [-0.3, -0.25) is 9.10 Å². The van der Waals surface area contributed by atoms with Gasteiger partial charge in [-0.2, -0.15) is 0 Å². The van der Waals surface area contributed by atoms with Gasteiger partial charge in [0.15, 0.2) is 0 Å². The van der Waals surface area contributed by atoms with E-state index in [0.717, 1.165) is 27.6 Å². The second-order valence-corrected chi connectivity index (χ2v) is 9.72. The van der Waals surface area contributed by atoms with Gasteiger partial charge in [-0.15, -0.1) is 0 Å². The lowest BCUT2D eigenvalue weighted by molar-refractivity contribution is -0.119. The number of carbonyl (C=O) groups is 1. The summed E-state index contributed by atoms with van der Waals surface area (Å²) in [5.41, 5.74) is 3.61. The molecule has 0 saturated heterocycles. The Morgan fingerprint density at radius 3 is 2.03 bits per heavy atom. The fourth-order valence-corrected chi connectivity index (χ4v) is 4.65. The van der Waals surface area contributed by atoms with E-state index in [1.807, 2.05) is 50.2 Å². The Labute approximate surface area is 196 Å². The zero-order valence-electron chi connectivity index (χ0n) is 19.2. The normalized spacial score (nSPS) is 11.1. The summed E-state index contributed by atoms with van der Waals surface area (Å²) >= 11 is 0. The van der Waals surface area contributed by atoms with E-state index >= 15 is 0 Å². The maximum atomic E-state index is 13.4. The molecule has 0 aliphatic carbocycles. The number of rotatable bonds is 10. The Balaban J connectivity index is 1.67. The number of amides is 1. The molecule has 0 bridgehead atoms. The van der Waals surface area contributed by atoms with Crippen LogP contribution in [0, 0.1) is 13.8 Å². The van der Waals surface area contributed by atoms with E-state index in [-0.39, 0.29) is 24.6 Å². The molecule has 0 aromatic heterocycles. The fourth-order valence-electron chi connectivity index (χ4n) is 3.23. The highest BCUT2D eigenvalue weighted by atomic mass is 32.2. The molecule has 1 amide bonds. The third kappa shape index (κ3) is 6.58. The van der Waals surface area contributed by atoms with Crippen molar-refractivity contribution in [3.8, 4) is 5.75 Å². The van der Waals surface area contributed by atoms with E-state index in [1.54, 1.807) is 36.4 Å². The molecule has 0 unspecified atom stereocenters. The van der Waals surface area contributed by atoms with E-state index in [0.29, 0.717) is 5.69 Å². The first-order chi connectivity index (χ1) is 15.8. The number of carbonyl (C=O) groups excluding carboxylic acids is 1. The van der Waals surface area contributed by atoms with Crippen molar-refractivity contribution in [1.29, 1.82) is 0 Å². The largest absolute Gasteiger partial charge is 0.492 e. The van der Waals surface area contributed by atoms with Crippen LogP contribution < -0.4 is 14.4 Å². The lowest BCUT2D eigenvalue weighted by Crippen LogP contribution is -2.41. The van der Waals surface area contributed by atoms with E-state index < -0.39 is 15.9 Å². The van der Waals surface area contributed by atoms with Gasteiger partial charge in [0.2, 0.25) is 5.91 Å². The number of nitrogens with zero attached hydrogens (tertiary/aromatic N) is 1. The molecule has 0 aliphatic heterocycles. The van der Waals surface area contributed by atoms with Gasteiger partial charge in [0.05, 0.1) is 17.1 Å². The van der Waals surface area contributed by atoms with Crippen molar-refractivity contribution in [1.82, 2.24) is 5.32 Å². The van der Waals surface area contributed by atoms with Crippen molar-refractivity contribution in [3.05, 3.63) is 89.5 Å². The van der Waals surface area contributed by atoms with Gasteiger partial charge in [0.1, 0.15) is 18.9 Å². The lowest BCUT2D eigenvalue weighted by Gasteiger charge is -2.24. The molecule has 3 rings (SSSR count). The maximum Gasteiger partial charge on any atom is 0.264 e. The third-order valence-electron chi connectivity index (χ3n) is 5.24. The zero-order valence-corrected chi connectivity index (χ0v) is 20.1. The molecular weight excluding hydrogens is 436 g/mol. The van der Waals surface area contributed by atoms with E-state index in [1.165, 1.54) is 5.56 Å². The zero-order chi connectivity index (χ0) is 23.8. The van der Waals surface area contributed by atoms with Crippen LogP contribution in [0.2, 0.25) is 0 Å². The van der Waals surface area contributed by atoms with Gasteiger partial charge in [-0.25, -0.2) is 8.42 Å². The van der Waals surface area contributed by atoms with E-state index in [9.17, 15) is 13.2 Å². The Morgan fingerprint density at radius 2 is 1.45 bits per heavy atom. The minimum atomic E-state index is -3.92. The van der Waals surface area contributed by atoms with E-state index in [4.69, 9.17) is 4.74 Å². The van der Waals surface area contributed by atoms with Gasteiger partial charge in [0, 0.05) is 0 Å². The van der Waals surface area contributed by atoms with Crippen LogP contribution in [0.1, 0.15) is 23.6 Å². The summed E-state index contributed by atoms with van der Waals surface area (Å²) in [5.74, 6) is 0.320. The van der Waals surface area contributed by atoms with Crippen LogP contribution in [-0.4, -0.2) is 34.0 Å². The lowest BCUT2D eigenvalue weighted by atomic mass is 10.2. The Hall–Kier alpha value is -3.32. The van der Waals surface area contributed by atoms with Crippen LogP contribution in [0.4, 0.5) is 5.69 Å². The molecule has 3 aromatic rings. The monoisotopic (exact) mass is 466 g/mol. The summed E-state index contributed by atoms with van der Waals surface area (Å²) in [6.07, 6.45) is 0.958. The number of anilines is 1. The molecule has 0 aliphatic rings. The summed E-state index contributed by atoms with van der Waals surface area (Å²) in [6, 6.07) is 21.5. The second kappa shape index (κ2) is 11.0. The molecule has 33 heavy (non-hydrogen) atoms. The molecule has 0 radical (unpaired) electrons. The molecule has 7 heteroatoms.